The smallest absolute Gasteiger partial charge is 0.235 e. The van der Waals surface area contributed by atoms with E-state index in [0.29, 0.717) is 24.3 Å². The van der Waals surface area contributed by atoms with Gasteiger partial charge >= 0.3 is 0 Å². The molecule has 0 amide bonds. The van der Waals surface area contributed by atoms with Gasteiger partial charge in [0.2, 0.25) is 10.0 Å². The van der Waals surface area contributed by atoms with E-state index in [4.69, 9.17) is 15.9 Å². The first-order chi connectivity index (χ1) is 16.3. The SMILES string of the molecule is CCS(=O)(=O)N1c2ccc(OCCCCNC)cc2CC1c1ccc2ccc(C(=N)N)cc2c1. The fraction of sp³-hybridized carbons (Fsp3) is 0.346. The second kappa shape index (κ2) is 10.0. The summed E-state index contributed by atoms with van der Waals surface area (Å²) in [6.45, 7) is 3.26. The summed E-state index contributed by atoms with van der Waals surface area (Å²) in [5.74, 6) is 0.797. The molecule has 0 saturated heterocycles. The third-order valence-electron chi connectivity index (χ3n) is 6.30. The molecular formula is C26H32N4O3S. The molecule has 4 rings (SSSR count). The Morgan fingerprint density at radius 3 is 2.65 bits per heavy atom. The number of hydrogen-bond acceptors (Lipinski definition) is 5. The number of rotatable bonds is 10. The van der Waals surface area contributed by atoms with Crippen molar-refractivity contribution >= 4 is 32.3 Å². The van der Waals surface area contributed by atoms with Crippen LogP contribution < -0.4 is 20.1 Å². The number of anilines is 1. The molecule has 0 bridgehead atoms. The van der Waals surface area contributed by atoms with Crippen LogP contribution in [0.3, 0.4) is 0 Å². The van der Waals surface area contributed by atoms with Crippen LogP contribution in [0.25, 0.3) is 10.8 Å². The molecule has 3 aromatic carbocycles. The third-order valence-corrected chi connectivity index (χ3v) is 8.08. The number of benzene rings is 3. The molecule has 8 heteroatoms. The summed E-state index contributed by atoms with van der Waals surface area (Å²) in [5.41, 5.74) is 8.91. The lowest BCUT2D eigenvalue weighted by atomic mass is 9.98. The first kappa shape index (κ1) is 24.0. The van der Waals surface area contributed by atoms with Crippen LogP contribution >= 0.6 is 0 Å². The average Bonchev–Trinajstić information content (AvgIpc) is 3.23. The summed E-state index contributed by atoms with van der Waals surface area (Å²) in [4.78, 5) is 0. The van der Waals surface area contributed by atoms with Crippen LogP contribution in [0.5, 0.6) is 5.75 Å². The van der Waals surface area contributed by atoms with Gasteiger partial charge in [0.1, 0.15) is 11.6 Å². The topological polar surface area (TPSA) is 109 Å². The zero-order chi connectivity index (χ0) is 24.3. The van der Waals surface area contributed by atoms with Crippen LogP contribution in [0, 0.1) is 5.41 Å². The van der Waals surface area contributed by atoms with Crippen molar-refractivity contribution in [1.29, 1.82) is 5.41 Å². The highest BCUT2D eigenvalue weighted by Crippen LogP contribution is 2.44. The zero-order valence-corrected chi connectivity index (χ0v) is 20.5. The predicted molar refractivity (Wildman–Crippen MR) is 138 cm³/mol. The van der Waals surface area contributed by atoms with E-state index in [1.807, 2.05) is 61.6 Å². The third kappa shape index (κ3) is 4.88. The lowest BCUT2D eigenvalue weighted by Crippen LogP contribution is -2.33. The Labute approximate surface area is 201 Å². The van der Waals surface area contributed by atoms with E-state index in [-0.39, 0.29) is 17.6 Å². The molecule has 1 aliphatic heterocycles. The van der Waals surface area contributed by atoms with Crippen molar-refractivity contribution < 1.29 is 13.2 Å². The van der Waals surface area contributed by atoms with Gasteiger partial charge in [0.05, 0.1) is 24.1 Å². The lowest BCUT2D eigenvalue weighted by Gasteiger charge is -2.27. The second-order valence-electron chi connectivity index (χ2n) is 8.60. The van der Waals surface area contributed by atoms with Gasteiger partial charge in [-0.2, -0.15) is 0 Å². The number of amidine groups is 1. The highest BCUT2D eigenvalue weighted by Gasteiger charge is 2.37. The van der Waals surface area contributed by atoms with Crippen LogP contribution in [0.1, 0.15) is 42.5 Å². The standard InChI is InChI=1S/C26H32N4O3S/c1-3-34(31,32)30-24-11-10-23(33-13-5-4-12-29-2)16-22(24)17-25(30)19-8-6-18-7-9-20(26(27)28)15-21(18)14-19/h6-11,14-16,25,29H,3-5,12-13,17H2,1-2H3,(H3,27,28). The maximum Gasteiger partial charge on any atom is 0.235 e. The van der Waals surface area contributed by atoms with Gasteiger partial charge in [-0.15, -0.1) is 0 Å². The summed E-state index contributed by atoms with van der Waals surface area (Å²) in [7, 11) is -1.56. The van der Waals surface area contributed by atoms with Crippen LogP contribution in [-0.4, -0.2) is 40.2 Å². The summed E-state index contributed by atoms with van der Waals surface area (Å²) in [6, 6.07) is 17.0. The second-order valence-corrected chi connectivity index (χ2v) is 10.7. The number of hydrogen-bond donors (Lipinski definition) is 3. The molecule has 0 fully saturated rings. The maximum absolute atomic E-state index is 13.2. The molecule has 4 N–H and O–H groups in total. The molecule has 1 unspecified atom stereocenters. The summed E-state index contributed by atoms with van der Waals surface area (Å²) in [6.07, 6.45) is 2.57. The van der Waals surface area contributed by atoms with E-state index in [9.17, 15) is 8.42 Å². The Kier molecular flexibility index (Phi) is 7.09. The molecule has 0 spiro atoms. The Morgan fingerprint density at radius 1 is 1.12 bits per heavy atom. The molecule has 1 heterocycles. The molecular weight excluding hydrogens is 448 g/mol. The van der Waals surface area contributed by atoms with Crippen molar-refractivity contribution in [3.63, 3.8) is 0 Å². The number of nitrogen functional groups attached to an aromatic ring is 1. The fourth-order valence-electron chi connectivity index (χ4n) is 4.46. The maximum atomic E-state index is 13.2. The minimum Gasteiger partial charge on any atom is -0.494 e. The van der Waals surface area contributed by atoms with Crippen molar-refractivity contribution in [2.24, 2.45) is 5.73 Å². The number of nitrogens with one attached hydrogen (secondary N) is 2. The van der Waals surface area contributed by atoms with Crippen LogP contribution in [0.4, 0.5) is 5.69 Å². The first-order valence-electron chi connectivity index (χ1n) is 11.6. The number of ether oxygens (including phenoxy) is 1. The van der Waals surface area contributed by atoms with Crippen LogP contribution in [-0.2, 0) is 16.4 Å². The molecule has 0 saturated carbocycles. The Morgan fingerprint density at radius 2 is 1.91 bits per heavy atom. The first-order valence-corrected chi connectivity index (χ1v) is 13.3. The number of nitrogens with two attached hydrogens (primary N) is 1. The normalized spacial score (nSPS) is 15.5. The van der Waals surface area contributed by atoms with E-state index >= 15 is 0 Å². The Bertz CT molecular complexity index is 1310. The van der Waals surface area contributed by atoms with Crippen molar-refractivity contribution in [2.75, 3.05) is 30.3 Å². The quantitative estimate of drug-likeness (QED) is 0.231. The molecule has 180 valence electrons. The molecule has 3 aromatic rings. The van der Waals surface area contributed by atoms with Gasteiger partial charge in [0.25, 0.3) is 0 Å². The van der Waals surface area contributed by atoms with E-state index in [1.165, 1.54) is 0 Å². The number of nitrogens with zero attached hydrogens (tertiary/aromatic N) is 1. The van der Waals surface area contributed by atoms with Crippen molar-refractivity contribution in [3.05, 3.63) is 71.3 Å². The monoisotopic (exact) mass is 480 g/mol. The summed E-state index contributed by atoms with van der Waals surface area (Å²) < 4.78 is 33.8. The fourth-order valence-corrected chi connectivity index (χ4v) is 5.80. The van der Waals surface area contributed by atoms with Gasteiger partial charge in [-0.3, -0.25) is 9.71 Å². The van der Waals surface area contributed by atoms with E-state index in [1.54, 1.807) is 11.2 Å². The van der Waals surface area contributed by atoms with E-state index in [0.717, 1.165) is 47.0 Å². The van der Waals surface area contributed by atoms with E-state index < -0.39 is 10.0 Å². The van der Waals surface area contributed by atoms with Gasteiger partial charge in [-0.1, -0.05) is 24.3 Å². The highest BCUT2D eigenvalue weighted by atomic mass is 32.2. The minimum absolute atomic E-state index is 0.00856. The Balaban J connectivity index is 1.66. The number of fused-ring (bicyclic) bond motifs is 2. The molecule has 0 radical (unpaired) electrons. The van der Waals surface area contributed by atoms with Crippen molar-refractivity contribution in [3.8, 4) is 5.75 Å². The minimum atomic E-state index is -3.49. The average molecular weight is 481 g/mol. The predicted octanol–water partition coefficient (Wildman–Crippen LogP) is 3.96. The van der Waals surface area contributed by atoms with Gasteiger partial charge in [0, 0.05) is 12.0 Å². The van der Waals surface area contributed by atoms with Gasteiger partial charge < -0.3 is 15.8 Å². The number of sulfonamides is 1. The van der Waals surface area contributed by atoms with Crippen molar-refractivity contribution in [1.82, 2.24) is 5.32 Å². The van der Waals surface area contributed by atoms with Crippen LogP contribution in [0.15, 0.2) is 54.6 Å². The summed E-state index contributed by atoms with van der Waals surface area (Å²) in [5, 5.41) is 12.8. The summed E-state index contributed by atoms with van der Waals surface area (Å²) >= 11 is 0. The molecule has 34 heavy (non-hydrogen) atoms. The molecule has 1 aliphatic rings. The largest absolute Gasteiger partial charge is 0.494 e. The molecule has 7 nitrogen and oxygen atoms in total. The highest BCUT2D eigenvalue weighted by molar-refractivity contribution is 7.92. The number of unbranched alkanes of at least 4 members (excludes halogenated alkanes) is 1. The lowest BCUT2D eigenvalue weighted by molar-refractivity contribution is 0.306. The molecule has 0 aromatic heterocycles. The van der Waals surface area contributed by atoms with Crippen LogP contribution in [0.2, 0.25) is 0 Å². The zero-order valence-electron chi connectivity index (χ0n) is 19.7. The molecule has 0 aliphatic carbocycles. The molecule has 1 atom stereocenters. The van der Waals surface area contributed by atoms with Gasteiger partial charge in [-0.05, 0) is 85.6 Å². The Hall–Kier alpha value is -3.10. The van der Waals surface area contributed by atoms with Crippen molar-refractivity contribution in [2.45, 2.75) is 32.2 Å². The van der Waals surface area contributed by atoms with Gasteiger partial charge in [-0.25, -0.2) is 8.42 Å². The van der Waals surface area contributed by atoms with Gasteiger partial charge in [0.15, 0.2) is 0 Å². The van der Waals surface area contributed by atoms with E-state index in [2.05, 4.69) is 5.32 Å².